The zero-order valence-electron chi connectivity index (χ0n) is 11.4. The fourth-order valence-corrected chi connectivity index (χ4v) is 3.65. The average molecular weight is 298 g/mol. The second kappa shape index (κ2) is 4.98. The van der Waals surface area contributed by atoms with Crippen molar-refractivity contribution < 1.29 is 17.9 Å². The molecule has 0 atom stereocenters. The van der Waals surface area contributed by atoms with Gasteiger partial charge >= 0.3 is 0 Å². The Kier molecular flexibility index (Phi) is 3.43. The summed E-state index contributed by atoms with van der Waals surface area (Å²) in [4.78, 5) is 6.47. The molecule has 0 amide bonds. The lowest BCUT2D eigenvalue weighted by molar-refractivity contribution is -0.161. The fraction of sp³-hybridized carbons (Fsp3) is 0.615. The summed E-state index contributed by atoms with van der Waals surface area (Å²) in [7, 11) is -3.30. The number of sulfone groups is 1. The molecule has 0 aromatic carbocycles. The van der Waals surface area contributed by atoms with Crippen LogP contribution in [0.1, 0.15) is 12.8 Å². The lowest BCUT2D eigenvalue weighted by Gasteiger charge is -2.39. The van der Waals surface area contributed by atoms with Gasteiger partial charge in [-0.25, -0.2) is 13.4 Å². The fourth-order valence-electron chi connectivity index (χ4n) is 2.81. The maximum atomic E-state index is 11.9. The SMILES string of the molecule is CS(=O)(=O)c1cccnc1N1CCCC2(C1)OCCO2. The minimum Gasteiger partial charge on any atom is -0.350 e. The van der Waals surface area contributed by atoms with Crippen LogP contribution in [-0.2, 0) is 19.3 Å². The minimum absolute atomic E-state index is 0.259. The molecule has 2 aliphatic rings. The number of hydrogen-bond acceptors (Lipinski definition) is 6. The van der Waals surface area contributed by atoms with Crippen LogP contribution in [0, 0.1) is 0 Å². The van der Waals surface area contributed by atoms with Gasteiger partial charge in [-0.1, -0.05) is 0 Å². The standard InChI is InChI=1S/C13H18N2O4S/c1-20(16,17)11-4-2-6-14-12(11)15-7-3-5-13(10-15)18-8-9-19-13/h2,4,6H,3,5,7-10H2,1H3. The number of pyridine rings is 1. The average Bonchev–Trinajstić information content (AvgIpc) is 2.86. The predicted octanol–water partition coefficient (Wildman–Crippen LogP) is 0.828. The van der Waals surface area contributed by atoms with Crippen LogP contribution in [0.5, 0.6) is 0 Å². The highest BCUT2D eigenvalue weighted by Crippen LogP contribution is 2.33. The number of nitrogens with zero attached hydrogens (tertiary/aromatic N) is 2. The van der Waals surface area contributed by atoms with Gasteiger partial charge in [-0.15, -0.1) is 0 Å². The third kappa shape index (κ3) is 2.53. The van der Waals surface area contributed by atoms with E-state index in [1.54, 1.807) is 18.3 Å². The van der Waals surface area contributed by atoms with Gasteiger partial charge in [-0.3, -0.25) is 0 Å². The van der Waals surface area contributed by atoms with Gasteiger partial charge in [0.25, 0.3) is 0 Å². The van der Waals surface area contributed by atoms with E-state index in [0.717, 1.165) is 19.4 Å². The van der Waals surface area contributed by atoms with Gasteiger partial charge < -0.3 is 14.4 Å². The quantitative estimate of drug-likeness (QED) is 0.805. The molecule has 2 aliphatic heterocycles. The van der Waals surface area contributed by atoms with Crippen molar-refractivity contribution in [2.45, 2.75) is 23.5 Å². The predicted molar refractivity (Wildman–Crippen MR) is 73.4 cm³/mol. The van der Waals surface area contributed by atoms with E-state index in [1.165, 1.54) is 6.26 Å². The van der Waals surface area contributed by atoms with Crippen LogP contribution < -0.4 is 4.90 Å². The van der Waals surface area contributed by atoms with Crippen LogP contribution >= 0.6 is 0 Å². The van der Waals surface area contributed by atoms with Gasteiger partial charge in [0.15, 0.2) is 15.6 Å². The highest BCUT2D eigenvalue weighted by molar-refractivity contribution is 7.90. The Balaban J connectivity index is 1.93. The van der Waals surface area contributed by atoms with Gasteiger partial charge in [0.05, 0.1) is 19.8 Å². The molecule has 3 heterocycles. The van der Waals surface area contributed by atoms with E-state index in [1.807, 2.05) is 4.90 Å². The molecule has 1 aromatic rings. The molecular weight excluding hydrogens is 280 g/mol. The minimum atomic E-state index is -3.30. The number of rotatable bonds is 2. The van der Waals surface area contributed by atoms with Crippen molar-refractivity contribution >= 4 is 15.7 Å². The third-order valence-corrected chi connectivity index (χ3v) is 4.80. The van der Waals surface area contributed by atoms with Crippen molar-refractivity contribution in [3.63, 3.8) is 0 Å². The summed E-state index contributed by atoms with van der Waals surface area (Å²) in [6, 6.07) is 3.23. The first kappa shape index (κ1) is 13.8. The van der Waals surface area contributed by atoms with Crippen molar-refractivity contribution in [3.05, 3.63) is 18.3 Å². The monoisotopic (exact) mass is 298 g/mol. The van der Waals surface area contributed by atoms with Gasteiger partial charge in [0.2, 0.25) is 0 Å². The van der Waals surface area contributed by atoms with Crippen LogP contribution in [0.25, 0.3) is 0 Å². The molecule has 0 saturated carbocycles. The summed E-state index contributed by atoms with van der Waals surface area (Å²) in [5, 5.41) is 0. The van der Waals surface area contributed by atoms with Crippen molar-refractivity contribution in [2.24, 2.45) is 0 Å². The maximum Gasteiger partial charge on any atom is 0.186 e. The second-order valence-corrected chi connectivity index (χ2v) is 7.21. The Labute approximate surface area is 118 Å². The first-order valence-corrected chi connectivity index (χ1v) is 8.57. The summed E-state index contributed by atoms with van der Waals surface area (Å²) in [5.41, 5.74) is 0. The van der Waals surface area contributed by atoms with Crippen LogP contribution in [-0.4, -0.2) is 51.7 Å². The number of aromatic nitrogens is 1. The Morgan fingerprint density at radius 3 is 2.80 bits per heavy atom. The van der Waals surface area contributed by atoms with Crippen molar-refractivity contribution in [3.8, 4) is 0 Å². The summed E-state index contributed by atoms with van der Waals surface area (Å²) in [6.07, 6.45) is 4.54. The number of hydrogen-bond donors (Lipinski definition) is 0. The van der Waals surface area contributed by atoms with Crippen LogP contribution in [0.4, 0.5) is 5.82 Å². The Bertz CT molecular complexity index is 596. The molecule has 110 valence electrons. The molecule has 2 fully saturated rings. The molecule has 0 radical (unpaired) electrons. The Hall–Kier alpha value is -1.18. The molecule has 0 unspecified atom stereocenters. The van der Waals surface area contributed by atoms with Gasteiger partial charge in [0.1, 0.15) is 10.7 Å². The molecule has 20 heavy (non-hydrogen) atoms. The Morgan fingerprint density at radius 1 is 1.35 bits per heavy atom. The third-order valence-electron chi connectivity index (χ3n) is 3.68. The molecule has 6 nitrogen and oxygen atoms in total. The molecule has 0 N–H and O–H groups in total. The van der Waals surface area contributed by atoms with Gasteiger partial charge in [0, 0.05) is 25.4 Å². The van der Waals surface area contributed by atoms with Crippen LogP contribution in [0.2, 0.25) is 0 Å². The molecule has 1 spiro atoms. The zero-order valence-corrected chi connectivity index (χ0v) is 12.2. The summed E-state index contributed by atoms with van der Waals surface area (Å²) in [5.74, 6) is -0.0990. The summed E-state index contributed by atoms with van der Waals surface area (Å²) >= 11 is 0. The summed E-state index contributed by atoms with van der Waals surface area (Å²) < 4.78 is 35.2. The maximum absolute atomic E-state index is 11.9. The molecule has 2 saturated heterocycles. The van der Waals surface area contributed by atoms with Crippen LogP contribution in [0.15, 0.2) is 23.2 Å². The highest BCUT2D eigenvalue weighted by atomic mass is 32.2. The molecule has 0 aliphatic carbocycles. The highest BCUT2D eigenvalue weighted by Gasteiger charge is 2.41. The first-order valence-electron chi connectivity index (χ1n) is 6.68. The lowest BCUT2D eigenvalue weighted by atomic mass is 10.0. The molecule has 7 heteroatoms. The van der Waals surface area contributed by atoms with Crippen molar-refractivity contribution in [1.29, 1.82) is 0 Å². The topological polar surface area (TPSA) is 68.7 Å². The first-order chi connectivity index (χ1) is 9.50. The normalized spacial score (nSPS) is 22.4. The second-order valence-electron chi connectivity index (χ2n) is 5.23. The van der Waals surface area contributed by atoms with Crippen molar-refractivity contribution in [1.82, 2.24) is 4.98 Å². The Morgan fingerprint density at radius 2 is 2.10 bits per heavy atom. The smallest absolute Gasteiger partial charge is 0.186 e. The molecule has 0 bridgehead atoms. The van der Waals surface area contributed by atoms with E-state index in [9.17, 15) is 8.42 Å². The van der Waals surface area contributed by atoms with Gasteiger partial charge in [-0.2, -0.15) is 0 Å². The zero-order chi connectivity index (χ0) is 14.2. The molecular formula is C13H18N2O4S. The summed E-state index contributed by atoms with van der Waals surface area (Å²) in [6.45, 7) is 2.46. The van der Waals surface area contributed by atoms with Gasteiger partial charge in [-0.05, 0) is 18.6 Å². The van der Waals surface area contributed by atoms with E-state index in [2.05, 4.69) is 4.98 Å². The van der Waals surface area contributed by atoms with Crippen molar-refractivity contribution in [2.75, 3.05) is 37.5 Å². The molecule has 1 aromatic heterocycles. The van der Waals surface area contributed by atoms with E-state index < -0.39 is 15.6 Å². The number of piperidine rings is 1. The lowest BCUT2D eigenvalue weighted by Crippen LogP contribution is -2.49. The van der Waals surface area contributed by atoms with E-state index in [4.69, 9.17) is 9.47 Å². The molecule has 3 rings (SSSR count). The number of ether oxygens (including phenoxy) is 2. The van der Waals surface area contributed by atoms with E-state index in [0.29, 0.717) is 25.6 Å². The van der Waals surface area contributed by atoms with E-state index >= 15 is 0 Å². The van der Waals surface area contributed by atoms with Crippen LogP contribution in [0.3, 0.4) is 0 Å². The van der Waals surface area contributed by atoms with E-state index in [-0.39, 0.29) is 4.90 Å². The largest absolute Gasteiger partial charge is 0.350 e. The number of anilines is 1.